The van der Waals surface area contributed by atoms with E-state index in [9.17, 15) is 17.6 Å². The summed E-state index contributed by atoms with van der Waals surface area (Å²) in [5, 5.41) is 3.16. The predicted molar refractivity (Wildman–Crippen MR) is 107 cm³/mol. The van der Waals surface area contributed by atoms with Gasteiger partial charge < -0.3 is 5.32 Å². The van der Waals surface area contributed by atoms with E-state index in [2.05, 4.69) is 5.32 Å². The molecule has 6 nitrogen and oxygen atoms in total. The lowest BCUT2D eigenvalue weighted by Crippen LogP contribution is -2.50. The lowest BCUT2D eigenvalue weighted by atomic mass is 10.3. The lowest BCUT2D eigenvalue weighted by Gasteiger charge is -2.33. The van der Waals surface area contributed by atoms with E-state index in [1.165, 1.54) is 46.8 Å². The monoisotopic (exact) mass is 445 g/mol. The minimum Gasteiger partial charge on any atom is -0.325 e. The highest BCUT2D eigenvalue weighted by Crippen LogP contribution is 2.27. The second-order valence-corrected chi connectivity index (χ2v) is 9.06. The number of amides is 1. The maximum Gasteiger partial charge on any atom is 0.243 e. The third-order valence-corrected chi connectivity index (χ3v) is 6.99. The highest BCUT2D eigenvalue weighted by atomic mass is 35.5. The van der Waals surface area contributed by atoms with Gasteiger partial charge in [-0.25, -0.2) is 12.8 Å². The topological polar surface area (TPSA) is 69.7 Å². The molecule has 0 spiro atoms. The van der Waals surface area contributed by atoms with Crippen molar-refractivity contribution in [2.45, 2.75) is 4.90 Å². The summed E-state index contributed by atoms with van der Waals surface area (Å²) >= 11 is 11.8. The van der Waals surface area contributed by atoms with Gasteiger partial charge >= 0.3 is 0 Å². The number of carbonyl (C=O) groups is 1. The number of piperazine rings is 1. The van der Waals surface area contributed by atoms with Gasteiger partial charge in [0.25, 0.3) is 0 Å². The van der Waals surface area contributed by atoms with Crippen LogP contribution in [0.15, 0.2) is 47.4 Å². The van der Waals surface area contributed by atoms with Gasteiger partial charge in [-0.1, -0.05) is 23.2 Å². The molecule has 0 aromatic heterocycles. The molecular formula is C18H18Cl2FN3O3S. The molecule has 0 unspecified atom stereocenters. The van der Waals surface area contributed by atoms with Crippen molar-refractivity contribution in [3.63, 3.8) is 0 Å². The van der Waals surface area contributed by atoms with E-state index in [0.29, 0.717) is 18.8 Å². The van der Waals surface area contributed by atoms with Crippen LogP contribution >= 0.6 is 23.2 Å². The SMILES string of the molecule is O=C(CN1CCN(S(=O)(=O)c2ccc(Cl)c(Cl)c2)CC1)Nc1ccc(F)cc1. The van der Waals surface area contributed by atoms with Gasteiger partial charge in [0.15, 0.2) is 0 Å². The molecule has 0 radical (unpaired) electrons. The van der Waals surface area contributed by atoms with E-state index in [0.717, 1.165) is 0 Å². The molecule has 28 heavy (non-hydrogen) atoms. The number of nitrogens with one attached hydrogen (secondary N) is 1. The molecule has 0 aliphatic carbocycles. The summed E-state index contributed by atoms with van der Waals surface area (Å²) in [6.07, 6.45) is 0. The van der Waals surface area contributed by atoms with Gasteiger partial charge in [0.1, 0.15) is 5.82 Å². The first-order chi connectivity index (χ1) is 13.3. The molecule has 2 aromatic carbocycles. The van der Waals surface area contributed by atoms with Crippen LogP contribution in [0.3, 0.4) is 0 Å². The van der Waals surface area contributed by atoms with Crippen molar-refractivity contribution in [3.8, 4) is 0 Å². The number of hydrogen-bond donors (Lipinski definition) is 1. The molecule has 0 bridgehead atoms. The van der Waals surface area contributed by atoms with Crippen molar-refractivity contribution in [1.29, 1.82) is 0 Å². The van der Waals surface area contributed by atoms with Crippen LogP contribution in [0.2, 0.25) is 10.0 Å². The standard InChI is InChI=1S/C18H18Cl2FN3O3S/c19-16-6-5-15(11-17(16)20)28(26,27)24-9-7-23(8-10-24)12-18(25)22-14-3-1-13(21)2-4-14/h1-6,11H,7-10,12H2,(H,22,25). The van der Waals surface area contributed by atoms with E-state index >= 15 is 0 Å². The van der Waals surface area contributed by atoms with Gasteiger partial charge in [0, 0.05) is 31.9 Å². The van der Waals surface area contributed by atoms with Crippen molar-refractivity contribution in [2.24, 2.45) is 0 Å². The van der Waals surface area contributed by atoms with Crippen LogP contribution in [0.5, 0.6) is 0 Å². The number of sulfonamides is 1. The van der Waals surface area contributed by atoms with Crippen LogP contribution in [0.1, 0.15) is 0 Å². The minimum atomic E-state index is -3.68. The summed E-state index contributed by atoms with van der Waals surface area (Å²) in [5.74, 6) is -0.621. The second-order valence-electron chi connectivity index (χ2n) is 6.31. The van der Waals surface area contributed by atoms with Crippen molar-refractivity contribution in [3.05, 3.63) is 58.3 Å². The van der Waals surface area contributed by atoms with Crippen LogP contribution in [0, 0.1) is 5.82 Å². The van der Waals surface area contributed by atoms with Crippen LogP contribution in [-0.2, 0) is 14.8 Å². The zero-order valence-electron chi connectivity index (χ0n) is 14.7. The van der Waals surface area contributed by atoms with Crippen molar-refractivity contribution in [1.82, 2.24) is 9.21 Å². The Kier molecular flexibility index (Phi) is 6.57. The number of benzene rings is 2. The average Bonchev–Trinajstić information content (AvgIpc) is 2.66. The molecule has 10 heteroatoms. The van der Waals surface area contributed by atoms with E-state index in [1.54, 1.807) is 0 Å². The molecule has 1 fully saturated rings. The molecule has 1 aliphatic heterocycles. The molecule has 3 rings (SSSR count). The molecule has 0 atom stereocenters. The van der Waals surface area contributed by atoms with Crippen LogP contribution in [0.4, 0.5) is 10.1 Å². The molecule has 1 saturated heterocycles. The summed E-state index contributed by atoms with van der Waals surface area (Å²) in [6, 6.07) is 9.70. The van der Waals surface area contributed by atoms with Crippen LogP contribution < -0.4 is 5.32 Å². The summed E-state index contributed by atoms with van der Waals surface area (Å²) < 4.78 is 39.8. The van der Waals surface area contributed by atoms with E-state index in [4.69, 9.17) is 23.2 Å². The Bertz CT molecular complexity index is 963. The first-order valence-electron chi connectivity index (χ1n) is 8.49. The largest absolute Gasteiger partial charge is 0.325 e. The van der Waals surface area contributed by atoms with E-state index in [1.807, 2.05) is 4.90 Å². The van der Waals surface area contributed by atoms with E-state index in [-0.39, 0.29) is 46.3 Å². The fourth-order valence-electron chi connectivity index (χ4n) is 2.85. The highest BCUT2D eigenvalue weighted by molar-refractivity contribution is 7.89. The molecule has 1 aliphatic rings. The number of anilines is 1. The third-order valence-electron chi connectivity index (χ3n) is 4.36. The molecule has 1 heterocycles. The summed E-state index contributed by atoms with van der Waals surface area (Å²) in [5.41, 5.74) is 0.507. The van der Waals surface area contributed by atoms with Gasteiger partial charge in [0.05, 0.1) is 21.5 Å². The highest BCUT2D eigenvalue weighted by Gasteiger charge is 2.29. The van der Waals surface area contributed by atoms with E-state index < -0.39 is 10.0 Å². The van der Waals surface area contributed by atoms with Crippen molar-refractivity contribution in [2.75, 3.05) is 38.0 Å². The average molecular weight is 446 g/mol. The molecule has 2 aromatic rings. The summed E-state index contributed by atoms with van der Waals surface area (Å²) in [7, 11) is -3.68. The molecule has 1 amide bonds. The van der Waals surface area contributed by atoms with Crippen LogP contribution in [-0.4, -0.2) is 56.3 Å². The molecular weight excluding hydrogens is 428 g/mol. The second kappa shape index (κ2) is 8.75. The predicted octanol–water partition coefficient (Wildman–Crippen LogP) is 3.08. The van der Waals surface area contributed by atoms with Gasteiger partial charge in [-0.2, -0.15) is 4.31 Å². The zero-order valence-corrected chi connectivity index (χ0v) is 17.1. The van der Waals surface area contributed by atoms with Gasteiger partial charge in [-0.15, -0.1) is 0 Å². The Hall–Kier alpha value is -1.71. The molecule has 150 valence electrons. The van der Waals surface area contributed by atoms with Gasteiger partial charge in [0.2, 0.25) is 15.9 Å². The fourth-order valence-corrected chi connectivity index (χ4v) is 4.66. The van der Waals surface area contributed by atoms with Crippen molar-refractivity contribution >= 4 is 44.8 Å². The Morgan fingerprint density at radius 2 is 1.64 bits per heavy atom. The fraction of sp³-hybridized carbons (Fsp3) is 0.278. The quantitative estimate of drug-likeness (QED) is 0.767. The Morgan fingerprint density at radius 1 is 1.00 bits per heavy atom. The Labute approximate surface area is 172 Å². The number of rotatable bonds is 5. The number of nitrogens with zero attached hydrogens (tertiary/aromatic N) is 2. The van der Waals surface area contributed by atoms with Crippen molar-refractivity contribution < 1.29 is 17.6 Å². The first-order valence-corrected chi connectivity index (χ1v) is 10.7. The summed E-state index contributed by atoms with van der Waals surface area (Å²) in [6.45, 7) is 1.46. The molecule has 1 N–H and O–H groups in total. The Morgan fingerprint density at radius 3 is 2.25 bits per heavy atom. The lowest BCUT2D eigenvalue weighted by molar-refractivity contribution is -0.117. The number of carbonyl (C=O) groups excluding carboxylic acids is 1. The molecule has 0 saturated carbocycles. The minimum absolute atomic E-state index is 0.0874. The normalized spacial score (nSPS) is 16.1. The summed E-state index contributed by atoms with van der Waals surface area (Å²) in [4.78, 5) is 14.1. The first kappa shape index (κ1) is 21.0. The zero-order chi connectivity index (χ0) is 20.3. The third kappa shape index (κ3) is 5.01. The maximum atomic E-state index is 12.9. The Balaban J connectivity index is 1.55. The number of hydrogen-bond acceptors (Lipinski definition) is 4. The maximum absolute atomic E-state index is 12.9. The van der Waals surface area contributed by atoms with Gasteiger partial charge in [-0.3, -0.25) is 9.69 Å². The van der Waals surface area contributed by atoms with Gasteiger partial charge in [-0.05, 0) is 42.5 Å². The number of halogens is 3. The van der Waals surface area contributed by atoms with Crippen LogP contribution in [0.25, 0.3) is 0 Å². The smallest absolute Gasteiger partial charge is 0.243 e.